The van der Waals surface area contributed by atoms with E-state index >= 15 is 0 Å². The standard InChI is InChI=1S/C3H7ClO3S.K/c1-2-3(4)8(5,6)7;/h3H,2H2,1H3,(H,5,6,7);/q;+1/p-1. The summed E-state index contributed by atoms with van der Waals surface area (Å²) >= 11 is 5.04. The number of halogens is 1. The van der Waals surface area contributed by atoms with Crippen LogP contribution >= 0.6 is 11.6 Å². The van der Waals surface area contributed by atoms with E-state index in [2.05, 4.69) is 0 Å². The zero-order valence-electron chi connectivity index (χ0n) is 5.30. The molecule has 9 heavy (non-hydrogen) atoms. The molecule has 0 amide bonds. The number of hydrogen-bond donors (Lipinski definition) is 0. The molecule has 0 bridgehead atoms. The van der Waals surface area contributed by atoms with Crippen molar-refractivity contribution >= 4 is 21.7 Å². The number of alkyl halides is 1. The maximum atomic E-state index is 9.87. The van der Waals surface area contributed by atoms with Crippen LogP contribution < -0.4 is 51.4 Å². The minimum atomic E-state index is -4.24. The Morgan fingerprint density at radius 1 is 1.67 bits per heavy atom. The Hall–Kier alpha value is 1.84. The Bertz CT molecular complexity index is 154. The second-order valence-electron chi connectivity index (χ2n) is 1.31. The zero-order chi connectivity index (χ0) is 6.78. The third-order valence-corrected chi connectivity index (χ3v) is 2.56. The van der Waals surface area contributed by atoms with Crippen molar-refractivity contribution in [2.45, 2.75) is 18.1 Å². The molecule has 0 aromatic rings. The summed E-state index contributed by atoms with van der Waals surface area (Å²) < 4.78 is 28.4. The van der Waals surface area contributed by atoms with Gasteiger partial charge in [-0.25, -0.2) is 8.42 Å². The van der Waals surface area contributed by atoms with Crippen LogP contribution in [0.2, 0.25) is 0 Å². The molecule has 0 spiro atoms. The largest absolute Gasteiger partial charge is 1.00 e. The Kier molecular flexibility index (Phi) is 8.18. The molecule has 0 aliphatic carbocycles. The number of hydrogen-bond acceptors (Lipinski definition) is 3. The monoisotopic (exact) mass is 196 g/mol. The van der Waals surface area contributed by atoms with Gasteiger partial charge in [-0.05, 0) is 6.42 Å². The molecule has 0 aromatic carbocycles. The Labute approximate surface area is 102 Å². The summed E-state index contributed by atoms with van der Waals surface area (Å²) in [6.45, 7) is 1.53. The van der Waals surface area contributed by atoms with E-state index in [1.807, 2.05) is 0 Å². The molecule has 3 nitrogen and oxygen atoms in total. The second kappa shape index (κ2) is 5.48. The smallest absolute Gasteiger partial charge is 0.747 e. The molecular formula is C3H6ClKO3S. The van der Waals surface area contributed by atoms with Crippen molar-refractivity contribution in [3.05, 3.63) is 0 Å². The van der Waals surface area contributed by atoms with Gasteiger partial charge in [-0.2, -0.15) is 0 Å². The third-order valence-electron chi connectivity index (χ3n) is 0.634. The SMILES string of the molecule is CCC(Cl)S(=O)(=O)[O-].[K+]. The van der Waals surface area contributed by atoms with Crippen molar-refractivity contribution in [2.75, 3.05) is 0 Å². The predicted molar refractivity (Wildman–Crippen MR) is 29.6 cm³/mol. The Morgan fingerprint density at radius 3 is 2.00 bits per heavy atom. The van der Waals surface area contributed by atoms with Crippen molar-refractivity contribution in [2.24, 2.45) is 0 Å². The van der Waals surface area contributed by atoms with E-state index in [9.17, 15) is 13.0 Å². The topological polar surface area (TPSA) is 57.2 Å². The molecule has 0 N–H and O–H groups in total. The first-order valence-corrected chi connectivity index (χ1v) is 3.98. The quantitative estimate of drug-likeness (QED) is 0.279. The van der Waals surface area contributed by atoms with Crippen molar-refractivity contribution in [3.63, 3.8) is 0 Å². The minimum absolute atomic E-state index is 0. The summed E-state index contributed by atoms with van der Waals surface area (Å²) in [6, 6.07) is 0. The van der Waals surface area contributed by atoms with E-state index in [4.69, 9.17) is 11.6 Å². The maximum Gasteiger partial charge on any atom is 1.00 e. The van der Waals surface area contributed by atoms with E-state index in [-0.39, 0.29) is 57.8 Å². The molecule has 0 rings (SSSR count). The van der Waals surface area contributed by atoms with E-state index < -0.39 is 14.8 Å². The van der Waals surface area contributed by atoms with Gasteiger partial charge < -0.3 is 4.55 Å². The van der Waals surface area contributed by atoms with Crippen molar-refractivity contribution in [1.82, 2.24) is 0 Å². The van der Waals surface area contributed by atoms with Gasteiger partial charge in [0.05, 0.1) is 0 Å². The molecule has 0 saturated carbocycles. The molecule has 0 aliphatic heterocycles. The summed E-state index contributed by atoms with van der Waals surface area (Å²) in [7, 11) is -4.24. The van der Waals surface area contributed by atoms with Crippen LogP contribution in [0.4, 0.5) is 0 Å². The summed E-state index contributed by atoms with van der Waals surface area (Å²) in [5, 5.41) is 0. The fourth-order valence-electron chi connectivity index (χ4n) is 0.204. The summed E-state index contributed by atoms with van der Waals surface area (Å²) in [5.74, 6) is 0. The van der Waals surface area contributed by atoms with Gasteiger partial charge in [0.25, 0.3) is 0 Å². The number of rotatable bonds is 2. The molecule has 0 radical (unpaired) electrons. The summed E-state index contributed by atoms with van der Waals surface area (Å²) in [6.07, 6.45) is 0.160. The van der Waals surface area contributed by atoms with Gasteiger partial charge in [0, 0.05) is 0 Å². The van der Waals surface area contributed by atoms with Crippen molar-refractivity contribution in [1.29, 1.82) is 0 Å². The Balaban J connectivity index is 0. The molecule has 6 heteroatoms. The first-order valence-electron chi connectivity index (χ1n) is 2.07. The fourth-order valence-corrected chi connectivity index (χ4v) is 0.612. The average molecular weight is 197 g/mol. The van der Waals surface area contributed by atoms with Gasteiger partial charge in [-0.3, -0.25) is 0 Å². The molecular weight excluding hydrogens is 191 g/mol. The molecule has 0 fully saturated rings. The maximum absolute atomic E-state index is 9.87. The molecule has 0 aliphatic rings. The van der Waals surface area contributed by atoms with Crippen LogP contribution in [0.25, 0.3) is 0 Å². The Morgan fingerprint density at radius 2 is 2.00 bits per heavy atom. The summed E-state index contributed by atoms with van der Waals surface area (Å²) in [4.78, 5) is 0. The van der Waals surface area contributed by atoms with E-state index in [1.54, 1.807) is 0 Å². The molecule has 0 aromatic heterocycles. The van der Waals surface area contributed by atoms with Gasteiger partial charge in [-0.15, -0.1) is 11.6 Å². The van der Waals surface area contributed by atoms with Crippen LogP contribution in [0.1, 0.15) is 13.3 Å². The summed E-state index contributed by atoms with van der Waals surface area (Å²) in [5.41, 5.74) is 0. The van der Waals surface area contributed by atoms with Crippen LogP contribution in [-0.2, 0) is 10.1 Å². The fraction of sp³-hybridized carbons (Fsp3) is 1.00. The normalized spacial score (nSPS) is 14.1. The second-order valence-corrected chi connectivity index (χ2v) is 3.65. The van der Waals surface area contributed by atoms with Gasteiger partial charge in [0.2, 0.25) is 0 Å². The molecule has 0 heterocycles. The molecule has 50 valence electrons. The van der Waals surface area contributed by atoms with Crippen molar-refractivity contribution in [3.8, 4) is 0 Å². The van der Waals surface area contributed by atoms with Gasteiger partial charge in [0.15, 0.2) is 0 Å². The van der Waals surface area contributed by atoms with Crippen LogP contribution in [-0.4, -0.2) is 17.7 Å². The average Bonchev–Trinajstić information content (AvgIpc) is 1.62. The first kappa shape index (κ1) is 13.4. The van der Waals surface area contributed by atoms with Gasteiger partial charge >= 0.3 is 51.4 Å². The van der Waals surface area contributed by atoms with Crippen molar-refractivity contribution < 1.29 is 64.4 Å². The van der Waals surface area contributed by atoms with E-state index in [0.29, 0.717) is 0 Å². The van der Waals surface area contributed by atoms with Gasteiger partial charge in [-0.1, -0.05) is 6.92 Å². The predicted octanol–water partition coefficient (Wildman–Crippen LogP) is -2.49. The molecule has 0 saturated heterocycles. The van der Waals surface area contributed by atoms with Crippen LogP contribution in [0, 0.1) is 0 Å². The molecule has 1 unspecified atom stereocenters. The minimum Gasteiger partial charge on any atom is -0.747 e. The van der Waals surface area contributed by atoms with Gasteiger partial charge in [0.1, 0.15) is 14.8 Å². The first-order chi connectivity index (χ1) is 3.48. The third kappa shape index (κ3) is 6.24. The van der Waals surface area contributed by atoms with Crippen LogP contribution in [0.5, 0.6) is 0 Å². The zero-order valence-corrected chi connectivity index (χ0v) is 9.99. The van der Waals surface area contributed by atoms with E-state index in [0.717, 1.165) is 0 Å². The van der Waals surface area contributed by atoms with Crippen LogP contribution in [0.3, 0.4) is 0 Å². The van der Waals surface area contributed by atoms with Crippen LogP contribution in [0.15, 0.2) is 0 Å². The molecule has 1 atom stereocenters. The van der Waals surface area contributed by atoms with E-state index in [1.165, 1.54) is 6.92 Å².